The van der Waals surface area contributed by atoms with Crippen LogP contribution in [0.3, 0.4) is 0 Å². The zero-order valence-electron chi connectivity index (χ0n) is 14.7. The van der Waals surface area contributed by atoms with Gasteiger partial charge in [0.2, 0.25) is 0 Å². The number of nitrogens with zero attached hydrogens (tertiary/aromatic N) is 1. The van der Waals surface area contributed by atoms with E-state index in [2.05, 4.69) is 17.0 Å². The summed E-state index contributed by atoms with van der Waals surface area (Å²) in [6.07, 6.45) is 6.28. The van der Waals surface area contributed by atoms with E-state index in [9.17, 15) is 0 Å². The Kier molecular flexibility index (Phi) is 7.35. The average Bonchev–Trinajstić information content (AvgIpc) is 2.51. The number of halogens is 1. The van der Waals surface area contributed by atoms with Crippen LogP contribution in [0, 0.1) is 5.41 Å². The highest BCUT2D eigenvalue weighted by Crippen LogP contribution is 2.42. The Balaban J connectivity index is 0.00000208. The number of nitrogens with two attached hydrogens (primary N) is 1. The van der Waals surface area contributed by atoms with Crippen LogP contribution in [0.15, 0.2) is 24.3 Å². The topological polar surface area (TPSA) is 47.7 Å². The van der Waals surface area contributed by atoms with Crippen molar-refractivity contribution in [2.45, 2.75) is 44.8 Å². The second-order valence-corrected chi connectivity index (χ2v) is 7.36. The lowest BCUT2D eigenvalue weighted by atomic mass is 9.69. The van der Waals surface area contributed by atoms with Crippen LogP contribution in [0.1, 0.15) is 37.7 Å². The standard InChI is InChI=1S/C19H30N2O2.ClH/c1-22-13-16-5-2-7-18(11-16)23-15-19(8-4-9-19)14-21-10-3-6-17(20)12-21;/h2,5,7,11,17H,3-4,6,8-10,12-15,20H2,1H3;1H/t17-;/m1./s1. The van der Waals surface area contributed by atoms with E-state index in [1.54, 1.807) is 7.11 Å². The number of piperidine rings is 1. The molecule has 1 heterocycles. The molecule has 1 aromatic carbocycles. The van der Waals surface area contributed by atoms with Crippen LogP contribution in [0.25, 0.3) is 0 Å². The van der Waals surface area contributed by atoms with E-state index < -0.39 is 0 Å². The van der Waals surface area contributed by atoms with Crippen LogP contribution in [0.5, 0.6) is 5.75 Å². The van der Waals surface area contributed by atoms with Gasteiger partial charge in [-0.15, -0.1) is 12.4 Å². The molecular weight excluding hydrogens is 324 g/mol. The van der Waals surface area contributed by atoms with Gasteiger partial charge in [-0.05, 0) is 49.9 Å². The van der Waals surface area contributed by atoms with Crippen molar-refractivity contribution in [2.75, 3.05) is 33.4 Å². The predicted octanol–water partition coefficient (Wildman–Crippen LogP) is 3.23. The predicted molar refractivity (Wildman–Crippen MR) is 99.8 cm³/mol. The molecule has 1 atom stereocenters. The minimum atomic E-state index is 0. The molecule has 0 amide bonds. The first-order valence-electron chi connectivity index (χ1n) is 8.88. The smallest absolute Gasteiger partial charge is 0.119 e. The minimum absolute atomic E-state index is 0. The van der Waals surface area contributed by atoms with Gasteiger partial charge >= 0.3 is 0 Å². The molecule has 1 aromatic rings. The van der Waals surface area contributed by atoms with Crippen molar-refractivity contribution in [1.29, 1.82) is 0 Å². The number of methoxy groups -OCH3 is 1. The Morgan fingerprint density at radius 2 is 2.12 bits per heavy atom. The first kappa shape index (κ1) is 19.5. The van der Waals surface area contributed by atoms with E-state index in [1.807, 2.05) is 12.1 Å². The molecule has 0 aromatic heterocycles. The molecule has 2 aliphatic rings. The zero-order chi connectivity index (χ0) is 16.1. The van der Waals surface area contributed by atoms with Crippen molar-refractivity contribution in [3.8, 4) is 5.75 Å². The quantitative estimate of drug-likeness (QED) is 0.816. The number of rotatable bonds is 7. The maximum Gasteiger partial charge on any atom is 0.119 e. The Labute approximate surface area is 152 Å². The Morgan fingerprint density at radius 1 is 1.29 bits per heavy atom. The molecule has 1 saturated heterocycles. The van der Waals surface area contributed by atoms with E-state index in [-0.39, 0.29) is 12.4 Å². The highest BCUT2D eigenvalue weighted by Gasteiger charge is 2.40. The Hall–Kier alpha value is -0.810. The summed E-state index contributed by atoms with van der Waals surface area (Å²) in [6.45, 7) is 4.82. The van der Waals surface area contributed by atoms with Gasteiger partial charge in [0.25, 0.3) is 0 Å². The molecule has 2 N–H and O–H groups in total. The molecule has 0 spiro atoms. The highest BCUT2D eigenvalue weighted by atomic mass is 35.5. The highest BCUT2D eigenvalue weighted by molar-refractivity contribution is 5.85. The molecule has 24 heavy (non-hydrogen) atoms. The molecule has 1 saturated carbocycles. The van der Waals surface area contributed by atoms with E-state index in [4.69, 9.17) is 15.2 Å². The average molecular weight is 355 g/mol. The fraction of sp³-hybridized carbons (Fsp3) is 0.684. The maximum absolute atomic E-state index is 6.16. The fourth-order valence-corrected chi connectivity index (χ4v) is 3.86. The summed E-state index contributed by atoms with van der Waals surface area (Å²) >= 11 is 0. The number of hydrogen-bond acceptors (Lipinski definition) is 4. The largest absolute Gasteiger partial charge is 0.493 e. The van der Waals surface area contributed by atoms with E-state index in [0.717, 1.165) is 31.0 Å². The summed E-state index contributed by atoms with van der Waals surface area (Å²) in [6, 6.07) is 8.60. The SMILES string of the molecule is COCc1cccc(OCC2(CN3CCC[C@@H](N)C3)CCC2)c1.Cl. The van der Waals surface area contributed by atoms with Crippen molar-refractivity contribution in [3.05, 3.63) is 29.8 Å². The van der Waals surface area contributed by atoms with E-state index in [0.29, 0.717) is 18.1 Å². The molecule has 1 aliphatic carbocycles. The number of likely N-dealkylation sites (tertiary alicyclic amines) is 1. The van der Waals surface area contributed by atoms with Gasteiger partial charge in [0, 0.05) is 31.7 Å². The van der Waals surface area contributed by atoms with E-state index >= 15 is 0 Å². The minimum Gasteiger partial charge on any atom is -0.493 e. The molecule has 0 radical (unpaired) electrons. The normalized spacial score (nSPS) is 23.2. The van der Waals surface area contributed by atoms with Crippen molar-refractivity contribution in [3.63, 3.8) is 0 Å². The molecular formula is C19H31ClN2O2. The second kappa shape index (κ2) is 9.04. The third kappa shape index (κ3) is 5.09. The van der Waals surface area contributed by atoms with Crippen LogP contribution in [0.4, 0.5) is 0 Å². The van der Waals surface area contributed by atoms with Crippen LogP contribution < -0.4 is 10.5 Å². The molecule has 5 heteroatoms. The van der Waals surface area contributed by atoms with Gasteiger partial charge in [-0.3, -0.25) is 0 Å². The summed E-state index contributed by atoms with van der Waals surface area (Å²) in [4.78, 5) is 2.55. The number of ether oxygens (including phenoxy) is 2. The summed E-state index contributed by atoms with van der Waals surface area (Å²) in [5.41, 5.74) is 7.62. The lowest BCUT2D eigenvalue weighted by Crippen LogP contribution is -2.51. The number of hydrogen-bond donors (Lipinski definition) is 1. The summed E-state index contributed by atoms with van der Waals surface area (Å²) in [7, 11) is 1.72. The van der Waals surface area contributed by atoms with Crippen LogP contribution in [-0.4, -0.2) is 44.3 Å². The van der Waals surface area contributed by atoms with Gasteiger partial charge in [-0.2, -0.15) is 0 Å². The summed E-state index contributed by atoms with van der Waals surface area (Å²) < 4.78 is 11.4. The second-order valence-electron chi connectivity index (χ2n) is 7.36. The molecule has 0 unspecified atom stereocenters. The Bertz CT molecular complexity index is 508. The lowest BCUT2D eigenvalue weighted by Gasteiger charge is -2.46. The van der Waals surface area contributed by atoms with Gasteiger partial charge in [0.15, 0.2) is 0 Å². The van der Waals surface area contributed by atoms with Gasteiger partial charge < -0.3 is 20.1 Å². The molecule has 4 nitrogen and oxygen atoms in total. The Morgan fingerprint density at radius 3 is 2.79 bits per heavy atom. The maximum atomic E-state index is 6.16. The first-order chi connectivity index (χ1) is 11.2. The monoisotopic (exact) mass is 354 g/mol. The first-order valence-corrected chi connectivity index (χ1v) is 8.88. The van der Waals surface area contributed by atoms with Gasteiger partial charge in [-0.1, -0.05) is 18.6 Å². The van der Waals surface area contributed by atoms with Crippen molar-refractivity contribution < 1.29 is 9.47 Å². The third-order valence-electron chi connectivity index (χ3n) is 5.27. The number of benzene rings is 1. The summed E-state index contributed by atoms with van der Waals surface area (Å²) in [5, 5.41) is 0. The molecule has 3 rings (SSSR count). The molecule has 0 bridgehead atoms. The molecule has 2 fully saturated rings. The van der Waals surface area contributed by atoms with Crippen molar-refractivity contribution in [2.24, 2.45) is 11.1 Å². The molecule has 1 aliphatic heterocycles. The van der Waals surface area contributed by atoms with Crippen molar-refractivity contribution >= 4 is 12.4 Å². The van der Waals surface area contributed by atoms with Crippen LogP contribution in [-0.2, 0) is 11.3 Å². The fourth-order valence-electron chi connectivity index (χ4n) is 3.86. The lowest BCUT2D eigenvalue weighted by molar-refractivity contribution is 0.0101. The van der Waals surface area contributed by atoms with Gasteiger partial charge in [0.1, 0.15) is 5.75 Å². The van der Waals surface area contributed by atoms with E-state index in [1.165, 1.54) is 38.6 Å². The third-order valence-corrected chi connectivity index (χ3v) is 5.27. The van der Waals surface area contributed by atoms with Gasteiger partial charge in [0.05, 0.1) is 13.2 Å². The van der Waals surface area contributed by atoms with Crippen LogP contribution >= 0.6 is 12.4 Å². The summed E-state index contributed by atoms with van der Waals surface area (Å²) in [5.74, 6) is 0.959. The van der Waals surface area contributed by atoms with Crippen LogP contribution in [0.2, 0.25) is 0 Å². The zero-order valence-corrected chi connectivity index (χ0v) is 15.5. The molecule has 136 valence electrons. The van der Waals surface area contributed by atoms with Crippen molar-refractivity contribution in [1.82, 2.24) is 4.90 Å². The van der Waals surface area contributed by atoms with Gasteiger partial charge in [-0.25, -0.2) is 0 Å².